The molecule has 0 spiro atoms. The van der Waals surface area contributed by atoms with E-state index < -0.39 is 0 Å². The van der Waals surface area contributed by atoms with Gasteiger partial charge in [-0.3, -0.25) is 0 Å². The summed E-state index contributed by atoms with van der Waals surface area (Å²) in [5.41, 5.74) is 4.94. The summed E-state index contributed by atoms with van der Waals surface area (Å²) in [5.74, 6) is -0.322. The van der Waals surface area contributed by atoms with Crippen LogP contribution in [0.5, 0.6) is 0 Å². The van der Waals surface area contributed by atoms with E-state index in [0.717, 1.165) is 28.6 Å². The number of fused-ring (bicyclic) bond motifs is 1. The van der Waals surface area contributed by atoms with Crippen LogP contribution in [0.15, 0.2) is 79.1 Å². The number of pyridine rings is 1. The lowest BCUT2D eigenvalue weighted by Crippen LogP contribution is -3.00. The van der Waals surface area contributed by atoms with Crippen LogP contribution in [0.4, 0.5) is 0 Å². The first-order valence-electron chi connectivity index (χ1n) is 9.06. The highest BCUT2D eigenvalue weighted by Gasteiger charge is 2.11. The second-order valence-corrected chi connectivity index (χ2v) is 6.45. The van der Waals surface area contributed by atoms with Gasteiger partial charge in [0.15, 0.2) is 18.9 Å². The minimum absolute atomic E-state index is 0. The van der Waals surface area contributed by atoms with E-state index in [9.17, 15) is 4.79 Å². The van der Waals surface area contributed by atoms with E-state index in [4.69, 9.17) is 4.74 Å². The fraction of sp³-hybridized carbons (Fsp3) is 0.130. The van der Waals surface area contributed by atoms with E-state index in [1.54, 1.807) is 6.92 Å². The molecule has 142 valence electrons. The van der Waals surface area contributed by atoms with Crippen molar-refractivity contribution < 1.29 is 31.1 Å². The van der Waals surface area contributed by atoms with Crippen LogP contribution in [0.1, 0.15) is 23.0 Å². The number of carbonyl (C=O) groups excluding carboxylic acids is 1. The number of esters is 1. The summed E-state index contributed by atoms with van der Waals surface area (Å²) < 4.78 is 7.22. The molecule has 28 heavy (non-hydrogen) atoms. The van der Waals surface area contributed by atoms with Crippen molar-refractivity contribution in [2.24, 2.45) is 0 Å². The van der Waals surface area contributed by atoms with Gasteiger partial charge in [0, 0.05) is 28.6 Å². The van der Waals surface area contributed by atoms with E-state index in [0.29, 0.717) is 12.3 Å². The summed E-state index contributed by atoms with van der Waals surface area (Å²) in [4.78, 5) is 15.0. The molecule has 0 fully saturated rings. The molecule has 0 saturated carbocycles. The van der Waals surface area contributed by atoms with Gasteiger partial charge in [-0.2, -0.15) is 0 Å². The third-order valence-electron chi connectivity index (χ3n) is 4.55. The number of hydrogen-bond acceptors (Lipinski definition) is 2. The van der Waals surface area contributed by atoms with Crippen LogP contribution in [-0.4, -0.2) is 17.6 Å². The Morgan fingerprint density at radius 1 is 0.964 bits per heavy atom. The fourth-order valence-corrected chi connectivity index (χ4v) is 3.18. The van der Waals surface area contributed by atoms with Crippen molar-refractivity contribution >= 4 is 16.9 Å². The normalized spacial score (nSPS) is 10.5. The molecule has 1 N–H and O–H groups in total. The number of aromatic amines is 1. The van der Waals surface area contributed by atoms with E-state index >= 15 is 0 Å². The molecule has 4 aromatic rings. The Bertz CT molecular complexity index is 1070. The molecule has 0 bridgehead atoms. The average Bonchev–Trinajstić information content (AvgIpc) is 3.13. The molecule has 0 unspecified atom stereocenters. The zero-order valence-electron chi connectivity index (χ0n) is 15.6. The smallest absolute Gasteiger partial charge is 0.354 e. The molecule has 0 aliphatic carbocycles. The molecule has 0 radical (unpaired) electrons. The third-order valence-corrected chi connectivity index (χ3v) is 4.55. The van der Waals surface area contributed by atoms with Crippen LogP contribution in [0.3, 0.4) is 0 Å². The predicted molar refractivity (Wildman–Crippen MR) is 105 cm³/mol. The molecule has 5 heteroatoms. The van der Waals surface area contributed by atoms with Gasteiger partial charge in [-0.15, -0.1) is 0 Å². The van der Waals surface area contributed by atoms with Crippen molar-refractivity contribution in [3.8, 4) is 11.1 Å². The quantitative estimate of drug-likeness (QED) is 0.379. The minimum Gasteiger partial charge on any atom is -1.00 e. The molecule has 0 atom stereocenters. The van der Waals surface area contributed by atoms with Gasteiger partial charge in [0.2, 0.25) is 0 Å². The van der Waals surface area contributed by atoms with Crippen molar-refractivity contribution in [2.45, 2.75) is 13.5 Å². The number of ether oxygens (including phenoxy) is 1. The predicted octanol–water partition coefficient (Wildman–Crippen LogP) is 1.35. The molecule has 4 nitrogen and oxygen atoms in total. The SMILES string of the molecule is CCOC(=O)c1cc2cc(-c3cc[n+](Cc4ccccc4)cc3)ccc2[nH]1.[Br-]. The van der Waals surface area contributed by atoms with Crippen LogP contribution in [0.25, 0.3) is 22.0 Å². The number of halogens is 1. The van der Waals surface area contributed by atoms with Crippen molar-refractivity contribution in [1.29, 1.82) is 0 Å². The first-order valence-corrected chi connectivity index (χ1v) is 9.06. The maximum atomic E-state index is 11.9. The van der Waals surface area contributed by atoms with Gasteiger partial charge in [0.25, 0.3) is 0 Å². The van der Waals surface area contributed by atoms with E-state index in [1.165, 1.54) is 5.56 Å². The molecule has 2 aromatic heterocycles. The number of benzene rings is 2. The van der Waals surface area contributed by atoms with Gasteiger partial charge in [0.1, 0.15) is 5.69 Å². The van der Waals surface area contributed by atoms with Gasteiger partial charge in [-0.1, -0.05) is 36.4 Å². The number of hydrogen-bond donors (Lipinski definition) is 1. The average molecular weight is 437 g/mol. The Morgan fingerprint density at radius 3 is 2.43 bits per heavy atom. The molecular formula is C23H21BrN2O2. The maximum absolute atomic E-state index is 11.9. The Morgan fingerprint density at radius 2 is 1.71 bits per heavy atom. The van der Waals surface area contributed by atoms with Crippen LogP contribution < -0.4 is 21.5 Å². The highest BCUT2D eigenvalue weighted by Crippen LogP contribution is 2.24. The van der Waals surface area contributed by atoms with Gasteiger partial charge in [-0.05, 0) is 36.2 Å². The van der Waals surface area contributed by atoms with Crippen LogP contribution in [0, 0.1) is 0 Å². The summed E-state index contributed by atoms with van der Waals surface area (Å²) in [6.45, 7) is 3.02. The lowest BCUT2D eigenvalue weighted by atomic mass is 10.1. The van der Waals surface area contributed by atoms with Crippen LogP contribution >= 0.6 is 0 Å². The Balaban J connectivity index is 0.00000225. The highest BCUT2D eigenvalue weighted by atomic mass is 79.9. The highest BCUT2D eigenvalue weighted by molar-refractivity contribution is 5.96. The van der Waals surface area contributed by atoms with Crippen LogP contribution in [0.2, 0.25) is 0 Å². The Hall–Kier alpha value is -2.92. The lowest BCUT2D eigenvalue weighted by molar-refractivity contribution is -0.688. The fourth-order valence-electron chi connectivity index (χ4n) is 3.18. The standard InChI is InChI=1S/C23H20N2O2.BrH/c1-2-27-23(26)22-15-20-14-19(8-9-21(20)24-22)18-10-12-25(13-11-18)16-17-6-4-3-5-7-17;/h3-15H,2,16H2,1H3;1H. The molecule has 4 rings (SSSR count). The number of carbonyl (C=O) groups is 1. The first-order chi connectivity index (χ1) is 13.2. The zero-order chi connectivity index (χ0) is 18.6. The summed E-state index contributed by atoms with van der Waals surface area (Å²) in [6, 6.07) is 22.6. The van der Waals surface area contributed by atoms with Crippen molar-refractivity contribution in [3.63, 3.8) is 0 Å². The van der Waals surface area contributed by atoms with Crippen molar-refractivity contribution in [1.82, 2.24) is 4.98 Å². The van der Waals surface area contributed by atoms with Crippen molar-refractivity contribution in [2.75, 3.05) is 6.61 Å². The Kier molecular flexibility index (Phi) is 6.26. The van der Waals surface area contributed by atoms with Gasteiger partial charge in [0.05, 0.1) is 6.61 Å². The van der Waals surface area contributed by atoms with Gasteiger partial charge < -0.3 is 26.7 Å². The first kappa shape index (κ1) is 19.8. The largest absolute Gasteiger partial charge is 1.00 e. The molecule has 0 amide bonds. The number of H-pyrrole nitrogens is 1. The monoisotopic (exact) mass is 436 g/mol. The van der Waals surface area contributed by atoms with Gasteiger partial charge in [-0.25, -0.2) is 9.36 Å². The summed E-state index contributed by atoms with van der Waals surface area (Å²) >= 11 is 0. The molecule has 0 aliphatic heterocycles. The number of nitrogens with zero attached hydrogens (tertiary/aromatic N) is 1. The van der Waals surface area contributed by atoms with Crippen LogP contribution in [-0.2, 0) is 11.3 Å². The topological polar surface area (TPSA) is 46.0 Å². The number of rotatable bonds is 5. The lowest BCUT2D eigenvalue weighted by Gasteiger charge is -2.02. The molecule has 0 aliphatic rings. The second-order valence-electron chi connectivity index (χ2n) is 6.45. The van der Waals surface area contributed by atoms with Crippen molar-refractivity contribution in [3.05, 3.63) is 90.4 Å². The number of aromatic nitrogens is 2. The second kappa shape index (κ2) is 8.85. The van der Waals surface area contributed by atoms with E-state index in [-0.39, 0.29) is 23.0 Å². The zero-order valence-corrected chi connectivity index (χ0v) is 17.1. The number of nitrogens with one attached hydrogen (secondary N) is 1. The third kappa shape index (κ3) is 4.31. The molecular weight excluding hydrogens is 416 g/mol. The summed E-state index contributed by atoms with van der Waals surface area (Å²) in [7, 11) is 0. The van der Waals surface area contributed by atoms with Gasteiger partial charge >= 0.3 is 5.97 Å². The molecule has 2 heterocycles. The Labute approximate surface area is 174 Å². The van der Waals surface area contributed by atoms with E-state index in [1.807, 2.05) is 18.2 Å². The minimum atomic E-state index is -0.322. The summed E-state index contributed by atoms with van der Waals surface area (Å²) in [5, 5.41) is 0.997. The molecule has 0 saturated heterocycles. The van der Waals surface area contributed by atoms with E-state index in [2.05, 4.69) is 70.5 Å². The molecule has 2 aromatic carbocycles. The maximum Gasteiger partial charge on any atom is 0.354 e. The summed E-state index contributed by atoms with van der Waals surface area (Å²) in [6.07, 6.45) is 4.18.